The van der Waals surface area contributed by atoms with E-state index in [4.69, 9.17) is 5.11 Å². The van der Waals surface area contributed by atoms with Crippen LogP contribution >= 0.6 is 0 Å². The van der Waals surface area contributed by atoms with Crippen molar-refractivity contribution >= 4 is 0 Å². The lowest BCUT2D eigenvalue weighted by molar-refractivity contribution is 0.0201. The number of nitrogens with one attached hydrogen (secondary N) is 1. The van der Waals surface area contributed by atoms with Gasteiger partial charge in [-0.05, 0) is 30.7 Å². The SMILES string of the molecule is CNCC(O)C(O)c1ccc(C)c(CO)c1. The molecule has 16 heavy (non-hydrogen) atoms. The summed E-state index contributed by atoms with van der Waals surface area (Å²) in [6.07, 6.45) is -1.78. The second-order valence-electron chi connectivity index (χ2n) is 3.91. The highest BCUT2D eigenvalue weighted by Crippen LogP contribution is 2.20. The van der Waals surface area contributed by atoms with Crippen molar-refractivity contribution in [1.82, 2.24) is 5.32 Å². The van der Waals surface area contributed by atoms with Crippen LogP contribution in [0, 0.1) is 6.92 Å². The number of hydrogen-bond acceptors (Lipinski definition) is 4. The first-order chi connectivity index (χ1) is 7.60. The van der Waals surface area contributed by atoms with Crippen LogP contribution in [0.5, 0.6) is 0 Å². The minimum atomic E-state index is -0.932. The third-order valence-electron chi connectivity index (χ3n) is 2.66. The Balaban J connectivity index is 2.87. The summed E-state index contributed by atoms with van der Waals surface area (Å²) in [6.45, 7) is 2.16. The Morgan fingerprint density at radius 1 is 1.31 bits per heavy atom. The van der Waals surface area contributed by atoms with Gasteiger partial charge in [0.15, 0.2) is 0 Å². The van der Waals surface area contributed by atoms with E-state index in [2.05, 4.69) is 5.32 Å². The molecule has 0 fully saturated rings. The van der Waals surface area contributed by atoms with Crippen LogP contribution in [-0.2, 0) is 6.61 Å². The zero-order valence-electron chi connectivity index (χ0n) is 9.64. The third-order valence-corrected chi connectivity index (χ3v) is 2.66. The highest BCUT2D eigenvalue weighted by molar-refractivity contribution is 5.32. The topological polar surface area (TPSA) is 72.7 Å². The predicted molar refractivity (Wildman–Crippen MR) is 62.0 cm³/mol. The molecule has 2 atom stereocenters. The van der Waals surface area contributed by atoms with Crippen molar-refractivity contribution in [2.75, 3.05) is 13.6 Å². The number of aryl methyl sites for hydroxylation is 1. The van der Waals surface area contributed by atoms with Gasteiger partial charge in [-0.25, -0.2) is 0 Å². The second kappa shape index (κ2) is 5.96. The summed E-state index contributed by atoms with van der Waals surface area (Å²) in [5, 5.41) is 31.4. The fourth-order valence-electron chi connectivity index (χ4n) is 1.59. The molecule has 1 aromatic rings. The lowest BCUT2D eigenvalue weighted by atomic mass is 9.99. The van der Waals surface area contributed by atoms with E-state index in [1.165, 1.54) is 0 Å². The molecule has 0 aromatic heterocycles. The van der Waals surface area contributed by atoms with Gasteiger partial charge in [0.25, 0.3) is 0 Å². The van der Waals surface area contributed by atoms with E-state index in [0.29, 0.717) is 12.1 Å². The summed E-state index contributed by atoms with van der Waals surface area (Å²) in [5.41, 5.74) is 2.37. The molecule has 0 spiro atoms. The van der Waals surface area contributed by atoms with Crippen LogP contribution in [0.3, 0.4) is 0 Å². The van der Waals surface area contributed by atoms with Gasteiger partial charge in [-0.1, -0.05) is 18.2 Å². The number of hydrogen-bond donors (Lipinski definition) is 4. The predicted octanol–water partition coefficient (Wildman–Crippen LogP) is 0.101. The smallest absolute Gasteiger partial charge is 0.106 e. The lowest BCUT2D eigenvalue weighted by Gasteiger charge is -2.18. The molecule has 4 N–H and O–H groups in total. The summed E-state index contributed by atoms with van der Waals surface area (Å²) >= 11 is 0. The minimum absolute atomic E-state index is 0.0610. The molecule has 0 bridgehead atoms. The van der Waals surface area contributed by atoms with E-state index in [0.717, 1.165) is 11.1 Å². The first-order valence-electron chi connectivity index (χ1n) is 5.31. The summed E-state index contributed by atoms with van der Waals surface area (Å²) in [6, 6.07) is 5.31. The standard InChI is InChI=1S/C12H19NO3/c1-8-3-4-9(5-10(8)7-14)12(16)11(15)6-13-2/h3-5,11-16H,6-7H2,1-2H3. The van der Waals surface area contributed by atoms with Crippen molar-refractivity contribution in [3.05, 3.63) is 34.9 Å². The summed E-state index contributed by atoms with van der Waals surface area (Å²) < 4.78 is 0. The molecule has 4 heteroatoms. The van der Waals surface area contributed by atoms with Gasteiger partial charge in [-0.15, -0.1) is 0 Å². The number of aliphatic hydroxyl groups excluding tert-OH is 3. The molecule has 4 nitrogen and oxygen atoms in total. The quantitative estimate of drug-likeness (QED) is 0.573. The van der Waals surface area contributed by atoms with Gasteiger partial charge < -0.3 is 20.6 Å². The van der Waals surface area contributed by atoms with Crippen LogP contribution in [0.25, 0.3) is 0 Å². The van der Waals surface area contributed by atoms with Crippen LogP contribution in [0.1, 0.15) is 22.8 Å². The van der Waals surface area contributed by atoms with E-state index in [9.17, 15) is 10.2 Å². The molecule has 0 saturated heterocycles. The fraction of sp³-hybridized carbons (Fsp3) is 0.500. The molecule has 0 heterocycles. The van der Waals surface area contributed by atoms with Gasteiger partial charge in [0, 0.05) is 6.54 Å². The van der Waals surface area contributed by atoms with Gasteiger partial charge in [0.05, 0.1) is 12.7 Å². The molecule has 0 aliphatic heterocycles. The van der Waals surface area contributed by atoms with Gasteiger partial charge in [-0.3, -0.25) is 0 Å². The first-order valence-corrected chi connectivity index (χ1v) is 5.31. The maximum Gasteiger partial charge on any atom is 0.106 e. The Morgan fingerprint density at radius 3 is 2.56 bits per heavy atom. The van der Waals surface area contributed by atoms with E-state index in [1.807, 2.05) is 13.0 Å². The van der Waals surface area contributed by atoms with E-state index in [-0.39, 0.29) is 6.61 Å². The normalized spacial score (nSPS) is 14.8. The van der Waals surface area contributed by atoms with Crippen LogP contribution in [0.2, 0.25) is 0 Å². The average molecular weight is 225 g/mol. The van der Waals surface area contributed by atoms with Crippen LogP contribution in [0.15, 0.2) is 18.2 Å². The van der Waals surface area contributed by atoms with E-state index < -0.39 is 12.2 Å². The number of rotatable bonds is 5. The van der Waals surface area contributed by atoms with Gasteiger partial charge in [-0.2, -0.15) is 0 Å². The van der Waals surface area contributed by atoms with Crippen molar-refractivity contribution in [3.63, 3.8) is 0 Å². The second-order valence-corrected chi connectivity index (χ2v) is 3.91. The molecular weight excluding hydrogens is 206 g/mol. The van der Waals surface area contributed by atoms with Crippen molar-refractivity contribution < 1.29 is 15.3 Å². The number of benzene rings is 1. The molecule has 2 unspecified atom stereocenters. The van der Waals surface area contributed by atoms with Crippen LogP contribution in [0.4, 0.5) is 0 Å². The van der Waals surface area contributed by atoms with Crippen LogP contribution in [-0.4, -0.2) is 35.0 Å². The molecule has 0 aliphatic carbocycles. The molecule has 1 rings (SSSR count). The molecule has 0 saturated carbocycles. The Labute approximate surface area is 95.6 Å². The van der Waals surface area contributed by atoms with Gasteiger partial charge in [0.1, 0.15) is 6.10 Å². The summed E-state index contributed by atoms with van der Waals surface area (Å²) in [4.78, 5) is 0. The number of aliphatic hydroxyl groups is 3. The first kappa shape index (κ1) is 13.1. The monoisotopic (exact) mass is 225 g/mol. The maximum absolute atomic E-state index is 9.86. The Bertz CT molecular complexity index is 341. The Kier molecular flexibility index (Phi) is 4.89. The third kappa shape index (κ3) is 3.02. The Morgan fingerprint density at radius 2 is 2.00 bits per heavy atom. The average Bonchev–Trinajstić information content (AvgIpc) is 2.29. The van der Waals surface area contributed by atoms with Gasteiger partial charge >= 0.3 is 0 Å². The zero-order valence-corrected chi connectivity index (χ0v) is 9.64. The fourth-order valence-corrected chi connectivity index (χ4v) is 1.59. The van der Waals surface area contributed by atoms with Crippen molar-refractivity contribution in [3.8, 4) is 0 Å². The van der Waals surface area contributed by atoms with Crippen LogP contribution < -0.4 is 5.32 Å². The zero-order chi connectivity index (χ0) is 12.1. The molecule has 0 aliphatic rings. The number of likely N-dealkylation sites (N-methyl/N-ethyl adjacent to an activating group) is 1. The minimum Gasteiger partial charge on any atom is -0.392 e. The highest BCUT2D eigenvalue weighted by Gasteiger charge is 2.17. The Hall–Kier alpha value is -0.940. The molecule has 0 radical (unpaired) electrons. The van der Waals surface area contributed by atoms with Crippen molar-refractivity contribution in [2.24, 2.45) is 0 Å². The van der Waals surface area contributed by atoms with Gasteiger partial charge in [0.2, 0.25) is 0 Å². The molecule has 90 valence electrons. The molecular formula is C12H19NO3. The largest absolute Gasteiger partial charge is 0.392 e. The molecule has 1 aromatic carbocycles. The maximum atomic E-state index is 9.86. The van der Waals surface area contributed by atoms with E-state index >= 15 is 0 Å². The van der Waals surface area contributed by atoms with E-state index in [1.54, 1.807) is 19.2 Å². The summed E-state index contributed by atoms with van der Waals surface area (Å²) in [7, 11) is 1.71. The summed E-state index contributed by atoms with van der Waals surface area (Å²) in [5.74, 6) is 0. The molecule has 0 amide bonds. The highest BCUT2D eigenvalue weighted by atomic mass is 16.3. The lowest BCUT2D eigenvalue weighted by Crippen LogP contribution is -2.29. The van der Waals surface area contributed by atoms with Crippen molar-refractivity contribution in [1.29, 1.82) is 0 Å². The van der Waals surface area contributed by atoms with Crippen molar-refractivity contribution in [2.45, 2.75) is 25.7 Å².